The highest BCUT2D eigenvalue weighted by Crippen LogP contribution is 2.39. The number of aliphatic hydroxyl groups excluding tert-OH is 1. The van der Waals surface area contributed by atoms with Gasteiger partial charge in [-0.3, -0.25) is 4.90 Å². The minimum atomic E-state index is -0.0570. The highest BCUT2D eigenvalue weighted by molar-refractivity contribution is 4.95. The zero-order valence-electron chi connectivity index (χ0n) is 12.6. The van der Waals surface area contributed by atoms with Crippen molar-refractivity contribution < 1.29 is 5.11 Å². The van der Waals surface area contributed by atoms with Gasteiger partial charge in [-0.15, -0.1) is 0 Å². The maximum Gasteiger partial charge on any atom is 0.0555 e. The highest BCUT2D eigenvalue weighted by Gasteiger charge is 2.41. The normalized spacial score (nSPS) is 33.7. The summed E-state index contributed by atoms with van der Waals surface area (Å²) in [6.07, 6.45) is 5.93. The molecule has 2 saturated carbocycles. The summed E-state index contributed by atoms with van der Waals surface area (Å²) in [6.45, 7) is 10.6. The Morgan fingerprint density at radius 3 is 2.22 bits per heavy atom. The van der Waals surface area contributed by atoms with Crippen molar-refractivity contribution in [2.45, 2.75) is 78.0 Å². The van der Waals surface area contributed by atoms with Crippen LogP contribution in [0.3, 0.4) is 0 Å². The fourth-order valence-electron chi connectivity index (χ4n) is 3.69. The van der Waals surface area contributed by atoms with Gasteiger partial charge in [0.25, 0.3) is 0 Å². The Morgan fingerprint density at radius 2 is 1.72 bits per heavy atom. The van der Waals surface area contributed by atoms with E-state index in [0.29, 0.717) is 6.04 Å². The van der Waals surface area contributed by atoms with Crippen molar-refractivity contribution in [3.05, 3.63) is 0 Å². The molecule has 2 aliphatic rings. The second-order valence-electron chi connectivity index (χ2n) is 7.26. The Labute approximate surface area is 113 Å². The Bertz CT molecular complexity index is 260. The first-order valence-corrected chi connectivity index (χ1v) is 7.92. The van der Waals surface area contributed by atoms with Crippen LogP contribution >= 0.6 is 0 Å². The molecule has 0 saturated heterocycles. The lowest BCUT2D eigenvalue weighted by Gasteiger charge is -2.44. The van der Waals surface area contributed by atoms with Crippen molar-refractivity contribution in [2.24, 2.45) is 17.8 Å². The predicted octanol–water partition coefficient (Wildman–Crippen LogP) is 3.29. The Hall–Kier alpha value is -0.0800. The van der Waals surface area contributed by atoms with E-state index in [1.54, 1.807) is 0 Å². The van der Waals surface area contributed by atoms with E-state index >= 15 is 0 Å². The molecule has 2 nitrogen and oxygen atoms in total. The molecule has 0 aliphatic heterocycles. The average molecular weight is 253 g/mol. The molecule has 0 bridgehead atoms. The Balaban J connectivity index is 2.08. The van der Waals surface area contributed by atoms with Gasteiger partial charge in [0.2, 0.25) is 0 Å². The molecule has 2 aliphatic carbocycles. The summed E-state index contributed by atoms with van der Waals surface area (Å²) in [4.78, 5) is 2.75. The van der Waals surface area contributed by atoms with E-state index in [4.69, 9.17) is 0 Å². The maximum atomic E-state index is 10.0. The first kappa shape index (κ1) is 14.3. The minimum absolute atomic E-state index is 0.0570. The molecule has 0 heterocycles. The summed E-state index contributed by atoms with van der Waals surface area (Å²) >= 11 is 0. The lowest BCUT2D eigenvalue weighted by molar-refractivity contribution is 0.00318. The first-order valence-electron chi connectivity index (χ1n) is 7.92. The second-order valence-corrected chi connectivity index (χ2v) is 7.26. The summed E-state index contributed by atoms with van der Waals surface area (Å²) < 4.78 is 0. The zero-order chi connectivity index (χ0) is 13.3. The third kappa shape index (κ3) is 3.48. The average Bonchev–Trinajstić information content (AvgIpc) is 3.08. The predicted molar refractivity (Wildman–Crippen MR) is 76.5 cm³/mol. The zero-order valence-corrected chi connectivity index (χ0v) is 12.6. The minimum Gasteiger partial charge on any atom is -0.393 e. The van der Waals surface area contributed by atoms with Gasteiger partial charge in [0.05, 0.1) is 6.10 Å². The van der Waals surface area contributed by atoms with E-state index in [-0.39, 0.29) is 6.10 Å². The van der Waals surface area contributed by atoms with E-state index in [2.05, 4.69) is 32.6 Å². The standard InChI is InChI=1S/C16H31NO/c1-11(2)10-17(13-5-6-13)16-9-14(18)7-8-15(16)12(3)4/h11-16,18H,5-10H2,1-4H3. The molecule has 1 N–H and O–H groups in total. The van der Waals surface area contributed by atoms with Gasteiger partial charge in [0.15, 0.2) is 0 Å². The van der Waals surface area contributed by atoms with Crippen LogP contribution in [0.4, 0.5) is 0 Å². The van der Waals surface area contributed by atoms with Crippen LogP contribution in [0.25, 0.3) is 0 Å². The largest absolute Gasteiger partial charge is 0.393 e. The van der Waals surface area contributed by atoms with E-state index in [9.17, 15) is 5.11 Å². The van der Waals surface area contributed by atoms with Crippen LogP contribution in [0, 0.1) is 17.8 Å². The van der Waals surface area contributed by atoms with Gasteiger partial charge in [-0.25, -0.2) is 0 Å². The maximum absolute atomic E-state index is 10.0. The van der Waals surface area contributed by atoms with Crippen molar-refractivity contribution in [1.82, 2.24) is 4.90 Å². The molecule has 106 valence electrons. The third-order valence-electron chi connectivity index (χ3n) is 4.72. The van der Waals surface area contributed by atoms with Gasteiger partial charge in [-0.1, -0.05) is 27.7 Å². The molecule has 2 fully saturated rings. The lowest BCUT2D eigenvalue weighted by atomic mass is 9.75. The number of hydrogen-bond acceptors (Lipinski definition) is 2. The summed E-state index contributed by atoms with van der Waals surface area (Å²) in [7, 11) is 0. The molecule has 2 heteroatoms. The molecule has 0 aromatic carbocycles. The molecular weight excluding hydrogens is 222 g/mol. The first-order chi connectivity index (χ1) is 8.49. The molecule has 0 amide bonds. The molecular formula is C16H31NO. The van der Waals surface area contributed by atoms with Gasteiger partial charge in [-0.05, 0) is 49.9 Å². The quantitative estimate of drug-likeness (QED) is 0.812. The molecule has 2 rings (SSSR count). The van der Waals surface area contributed by atoms with Crippen LogP contribution in [0.2, 0.25) is 0 Å². The van der Waals surface area contributed by atoms with Crippen LogP contribution in [0.5, 0.6) is 0 Å². The van der Waals surface area contributed by atoms with Crippen molar-refractivity contribution in [2.75, 3.05) is 6.54 Å². The van der Waals surface area contributed by atoms with Gasteiger partial charge in [0.1, 0.15) is 0 Å². The third-order valence-corrected chi connectivity index (χ3v) is 4.72. The Morgan fingerprint density at radius 1 is 1.06 bits per heavy atom. The van der Waals surface area contributed by atoms with Gasteiger partial charge < -0.3 is 5.11 Å². The van der Waals surface area contributed by atoms with Crippen molar-refractivity contribution in [1.29, 1.82) is 0 Å². The summed E-state index contributed by atoms with van der Waals surface area (Å²) in [6, 6.07) is 1.45. The van der Waals surface area contributed by atoms with Gasteiger partial charge in [0, 0.05) is 18.6 Å². The fraction of sp³-hybridized carbons (Fsp3) is 1.00. The molecule has 0 aromatic rings. The SMILES string of the molecule is CC(C)CN(C1CC1)C1CC(O)CCC1C(C)C. The lowest BCUT2D eigenvalue weighted by Crippen LogP contribution is -2.49. The smallest absolute Gasteiger partial charge is 0.0555 e. The Kier molecular flexibility index (Phi) is 4.71. The molecule has 0 radical (unpaired) electrons. The molecule has 0 aromatic heterocycles. The fourth-order valence-corrected chi connectivity index (χ4v) is 3.69. The van der Waals surface area contributed by atoms with Gasteiger partial charge in [-0.2, -0.15) is 0 Å². The van der Waals surface area contributed by atoms with Crippen LogP contribution in [-0.4, -0.2) is 34.7 Å². The molecule has 3 unspecified atom stereocenters. The molecule has 3 atom stereocenters. The summed E-state index contributed by atoms with van der Waals surface area (Å²) in [5.41, 5.74) is 0. The van der Waals surface area contributed by atoms with Crippen molar-refractivity contribution >= 4 is 0 Å². The van der Waals surface area contributed by atoms with E-state index in [0.717, 1.165) is 36.6 Å². The number of nitrogens with zero attached hydrogens (tertiary/aromatic N) is 1. The summed E-state index contributed by atoms with van der Waals surface area (Å²) in [5, 5.41) is 10.0. The molecule has 0 spiro atoms. The number of hydrogen-bond donors (Lipinski definition) is 1. The molecule has 18 heavy (non-hydrogen) atoms. The second kappa shape index (κ2) is 5.92. The van der Waals surface area contributed by atoms with Crippen molar-refractivity contribution in [3.63, 3.8) is 0 Å². The van der Waals surface area contributed by atoms with Crippen LogP contribution in [0.1, 0.15) is 59.8 Å². The highest BCUT2D eigenvalue weighted by atomic mass is 16.3. The number of aliphatic hydroxyl groups is 1. The van der Waals surface area contributed by atoms with Crippen LogP contribution < -0.4 is 0 Å². The van der Waals surface area contributed by atoms with Crippen LogP contribution in [0.15, 0.2) is 0 Å². The topological polar surface area (TPSA) is 23.5 Å². The van der Waals surface area contributed by atoms with Crippen molar-refractivity contribution in [3.8, 4) is 0 Å². The van der Waals surface area contributed by atoms with E-state index < -0.39 is 0 Å². The summed E-state index contributed by atoms with van der Waals surface area (Å²) in [5.74, 6) is 2.26. The van der Waals surface area contributed by atoms with Crippen LogP contribution in [-0.2, 0) is 0 Å². The van der Waals surface area contributed by atoms with E-state index in [1.807, 2.05) is 0 Å². The monoisotopic (exact) mass is 253 g/mol. The van der Waals surface area contributed by atoms with Gasteiger partial charge >= 0.3 is 0 Å². The van der Waals surface area contributed by atoms with E-state index in [1.165, 1.54) is 25.8 Å². The number of rotatable bonds is 5.